The number of hydrogen-bond donors (Lipinski definition) is 1. The molecular weight excluding hydrogens is 411 g/mol. The van der Waals surface area contributed by atoms with E-state index in [0.717, 1.165) is 41.9 Å². The summed E-state index contributed by atoms with van der Waals surface area (Å²) in [4.78, 5) is 19.4. The van der Waals surface area contributed by atoms with Crippen LogP contribution in [0.25, 0.3) is 11.1 Å². The van der Waals surface area contributed by atoms with E-state index in [0.29, 0.717) is 16.3 Å². The third kappa shape index (κ3) is 4.76. The molecule has 1 amide bonds. The molecular formula is C24H21FN4OS. The number of halogens is 1. The number of hydrogen-bond acceptors (Lipinski definition) is 5. The Morgan fingerprint density at radius 1 is 1.26 bits per heavy atom. The zero-order valence-corrected chi connectivity index (χ0v) is 17.9. The highest BCUT2D eigenvalue weighted by Gasteiger charge is 2.25. The van der Waals surface area contributed by atoms with Crippen LogP contribution >= 0.6 is 11.8 Å². The van der Waals surface area contributed by atoms with Crippen molar-refractivity contribution in [2.45, 2.75) is 18.0 Å². The second-order valence-electron chi connectivity index (χ2n) is 7.41. The Bertz CT molecular complexity index is 1160. The third-order valence-corrected chi connectivity index (χ3v) is 6.11. The number of nitriles is 1. The minimum atomic E-state index is -0.411. The molecule has 31 heavy (non-hydrogen) atoms. The van der Waals surface area contributed by atoms with E-state index < -0.39 is 5.82 Å². The molecule has 0 radical (unpaired) electrons. The number of rotatable bonds is 5. The number of benzene rings is 2. The fourth-order valence-corrected chi connectivity index (χ4v) is 4.51. The van der Waals surface area contributed by atoms with Gasteiger partial charge in [0.1, 0.15) is 16.9 Å². The van der Waals surface area contributed by atoms with Gasteiger partial charge in [-0.3, -0.25) is 4.79 Å². The van der Waals surface area contributed by atoms with Crippen LogP contribution in [0.5, 0.6) is 0 Å². The van der Waals surface area contributed by atoms with Crippen LogP contribution in [0.2, 0.25) is 0 Å². The van der Waals surface area contributed by atoms with E-state index in [1.54, 1.807) is 12.1 Å². The molecule has 0 saturated carbocycles. The number of nitrogens with one attached hydrogen (secondary N) is 1. The average Bonchev–Trinajstić information content (AvgIpc) is 2.77. The zero-order valence-electron chi connectivity index (χ0n) is 17.1. The molecule has 0 atom stereocenters. The van der Waals surface area contributed by atoms with Crippen LogP contribution in [0.15, 0.2) is 59.6 Å². The molecule has 2 aromatic carbocycles. The minimum Gasteiger partial charge on any atom is -0.325 e. The van der Waals surface area contributed by atoms with Gasteiger partial charge in [-0.1, -0.05) is 48.2 Å². The summed E-state index contributed by atoms with van der Waals surface area (Å²) in [5.41, 5.74) is 4.81. The van der Waals surface area contributed by atoms with Crippen LogP contribution in [-0.4, -0.2) is 35.1 Å². The molecule has 0 unspecified atom stereocenters. The number of amides is 1. The summed E-state index contributed by atoms with van der Waals surface area (Å²) >= 11 is 1.23. The molecule has 0 fully saturated rings. The number of carbonyl (C=O) groups is 1. The number of anilines is 1. The van der Waals surface area contributed by atoms with Gasteiger partial charge in [0.15, 0.2) is 0 Å². The Balaban J connectivity index is 1.65. The molecule has 1 aliphatic rings. The van der Waals surface area contributed by atoms with Crippen molar-refractivity contribution in [3.8, 4) is 17.2 Å². The molecule has 0 spiro atoms. The molecule has 0 saturated heterocycles. The second-order valence-corrected chi connectivity index (χ2v) is 8.37. The van der Waals surface area contributed by atoms with Gasteiger partial charge in [-0.25, -0.2) is 9.37 Å². The predicted molar refractivity (Wildman–Crippen MR) is 120 cm³/mol. The fraction of sp³-hybridized carbons (Fsp3) is 0.208. The van der Waals surface area contributed by atoms with Gasteiger partial charge in [-0.15, -0.1) is 0 Å². The monoisotopic (exact) mass is 432 g/mol. The Morgan fingerprint density at radius 2 is 2.06 bits per heavy atom. The van der Waals surface area contributed by atoms with Gasteiger partial charge in [0.05, 0.1) is 11.3 Å². The first-order valence-electron chi connectivity index (χ1n) is 9.93. The maximum atomic E-state index is 13.4. The number of fused-ring (bicyclic) bond motifs is 1. The van der Waals surface area contributed by atoms with Crippen molar-refractivity contribution in [3.05, 3.63) is 77.2 Å². The van der Waals surface area contributed by atoms with E-state index in [-0.39, 0.29) is 11.7 Å². The first-order chi connectivity index (χ1) is 15.0. The number of thioether (sulfide) groups is 1. The Morgan fingerprint density at radius 3 is 2.81 bits per heavy atom. The molecule has 1 aliphatic heterocycles. The molecule has 4 rings (SSSR count). The summed E-state index contributed by atoms with van der Waals surface area (Å²) < 4.78 is 13.4. The van der Waals surface area contributed by atoms with Crippen molar-refractivity contribution >= 4 is 23.4 Å². The third-order valence-electron chi connectivity index (χ3n) is 5.13. The van der Waals surface area contributed by atoms with Crippen LogP contribution in [0.4, 0.5) is 10.1 Å². The minimum absolute atomic E-state index is 0.0745. The summed E-state index contributed by atoms with van der Waals surface area (Å²) in [6.07, 6.45) is 0.792. The summed E-state index contributed by atoms with van der Waals surface area (Å²) in [5, 5.41) is 13.2. The van der Waals surface area contributed by atoms with Crippen LogP contribution in [-0.2, 0) is 17.8 Å². The van der Waals surface area contributed by atoms with E-state index in [9.17, 15) is 14.4 Å². The lowest BCUT2D eigenvalue weighted by atomic mass is 9.92. The lowest BCUT2D eigenvalue weighted by Crippen LogP contribution is -2.28. The van der Waals surface area contributed by atoms with E-state index in [2.05, 4.69) is 23.3 Å². The SMILES string of the molecule is CN1CCc2nc(SCC(=O)Nc3cccc(F)c3)c(C#N)c(-c3ccccc3)c2C1. The average molecular weight is 433 g/mol. The predicted octanol–water partition coefficient (Wildman–Crippen LogP) is 4.48. The highest BCUT2D eigenvalue weighted by atomic mass is 32.2. The van der Waals surface area contributed by atoms with Gasteiger partial charge in [-0.05, 0) is 36.4 Å². The van der Waals surface area contributed by atoms with Gasteiger partial charge in [0.2, 0.25) is 5.91 Å². The van der Waals surface area contributed by atoms with Crippen molar-refractivity contribution in [1.82, 2.24) is 9.88 Å². The van der Waals surface area contributed by atoms with Gasteiger partial charge in [-0.2, -0.15) is 5.26 Å². The topological polar surface area (TPSA) is 69.0 Å². The lowest BCUT2D eigenvalue weighted by Gasteiger charge is -2.28. The highest BCUT2D eigenvalue weighted by Crippen LogP contribution is 2.37. The van der Waals surface area contributed by atoms with E-state index >= 15 is 0 Å². The first-order valence-corrected chi connectivity index (χ1v) is 10.9. The molecule has 156 valence electrons. The Hall–Kier alpha value is -3.21. The number of carbonyl (C=O) groups excluding carboxylic acids is 1. The standard InChI is InChI=1S/C24H21FN4OS/c1-29-11-10-21-20(14-29)23(16-6-3-2-4-7-16)19(13-26)24(28-21)31-15-22(30)27-18-9-5-8-17(25)12-18/h2-9,12H,10-11,14-15H2,1H3,(H,27,30). The van der Waals surface area contributed by atoms with Crippen molar-refractivity contribution in [2.24, 2.45) is 0 Å². The molecule has 3 aromatic rings. The fourth-order valence-electron chi connectivity index (χ4n) is 3.70. The Labute approximate surface area is 184 Å². The molecule has 1 aromatic heterocycles. The maximum Gasteiger partial charge on any atom is 0.234 e. The number of likely N-dealkylation sites (N-methyl/N-ethyl adjacent to an activating group) is 1. The van der Waals surface area contributed by atoms with Crippen LogP contribution in [0, 0.1) is 17.1 Å². The number of pyridine rings is 1. The van der Waals surface area contributed by atoms with Crippen molar-refractivity contribution in [1.29, 1.82) is 5.26 Å². The summed E-state index contributed by atoms with van der Waals surface area (Å²) in [6, 6.07) is 17.9. The normalized spacial score (nSPS) is 13.3. The van der Waals surface area contributed by atoms with E-state index in [1.807, 2.05) is 30.3 Å². The smallest absolute Gasteiger partial charge is 0.234 e. The van der Waals surface area contributed by atoms with Crippen LogP contribution < -0.4 is 5.32 Å². The number of nitrogens with zero attached hydrogens (tertiary/aromatic N) is 3. The van der Waals surface area contributed by atoms with Gasteiger partial charge >= 0.3 is 0 Å². The highest BCUT2D eigenvalue weighted by molar-refractivity contribution is 8.00. The molecule has 1 N–H and O–H groups in total. The number of aromatic nitrogens is 1. The van der Waals surface area contributed by atoms with Crippen LogP contribution in [0.3, 0.4) is 0 Å². The first kappa shape index (κ1) is 21.0. The van der Waals surface area contributed by atoms with Crippen molar-refractivity contribution in [2.75, 3.05) is 24.7 Å². The maximum absolute atomic E-state index is 13.4. The quantitative estimate of drug-likeness (QED) is 0.602. The molecule has 0 bridgehead atoms. The molecule has 7 heteroatoms. The lowest BCUT2D eigenvalue weighted by molar-refractivity contribution is -0.113. The van der Waals surface area contributed by atoms with Crippen molar-refractivity contribution < 1.29 is 9.18 Å². The second kappa shape index (κ2) is 9.29. The summed E-state index contributed by atoms with van der Waals surface area (Å²) in [5.74, 6) is -0.614. The van der Waals surface area contributed by atoms with E-state index in [4.69, 9.17) is 4.98 Å². The molecule has 0 aliphatic carbocycles. The van der Waals surface area contributed by atoms with Gasteiger partial charge in [0, 0.05) is 36.5 Å². The van der Waals surface area contributed by atoms with Gasteiger partial charge < -0.3 is 10.2 Å². The largest absolute Gasteiger partial charge is 0.325 e. The zero-order chi connectivity index (χ0) is 21.8. The molecule has 2 heterocycles. The van der Waals surface area contributed by atoms with Crippen LogP contribution in [0.1, 0.15) is 16.8 Å². The van der Waals surface area contributed by atoms with Gasteiger partial charge in [0.25, 0.3) is 0 Å². The Kier molecular flexibility index (Phi) is 6.31. The van der Waals surface area contributed by atoms with Crippen molar-refractivity contribution in [3.63, 3.8) is 0 Å². The summed E-state index contributed by atoms with van der Waals surface area (Å²) in [6.45, 7) is 1.62. The molecule has 5 nitrogen and oxygen atoms in total. The summed E-state index contributed by atoms with van der Waals surface area (Å²) in [7, 11) is 2.06. The van der Waals surface area contributed by atoms with E-state index in [1.165, 1.54) is 23.9 Å².